The number of benzene rings is 1. The Labute approximate surface area is 131 Å². The van der Waals surface area contributed by atoms with Crippen LogP contribution in [0.1, 0.15) is 25.3 Å². The van der Waals surface area contributed by atoms with Gasteiger partial charge in [0.15, 0.2) is 0 Å². The van der Waals surface area contributed by atoms with Gasteiger partial charge in [-0.3, -0.25) is 4.79 Å². The van der Waals surface area contributed by atoms with Crippen LogP contribution in [0.4, 0.5) is 5.69 Å². The first-order valence-corrected chi connectivity index (χ1v) is 7.06. The highest BCUT2D eigenvalue weighted by atomic mass is 35.5. The summed E-state index contributed by atoms with van der Waals surface area (Å²) in [7, 11) is 0. The number of nitrogens with two attached hydrogens (primary N) is 1. The Morgan fingerprint density at radius 3 is 2.67 bits per heavy atom. The van der Waals surface area contributed by atoms with Gasteiger partial charge in [-0.05, 0) is 37.5 Å². The summed E-state index contributed by atoms with van der Waals surface area (Å²) in [6.45, 7) is 3.72. The fourth-order valence-corrected chi connectivity index (χ4v) is 2.20. The number of hydrogen-bond acceptors (Lipinski definition) is 4. The maximum atomic E-state index is 12.0. The molecule has 3 N–H and O–H groups in total. The molecule has 1 saturated heterocycles. The highest BCUT2D eigenvalue weighted by molar-refractivity contribution is 5.94. The van der Waals surface area contributed by atoms with Crippen molar-refractivity contribution in [1.82, 2.24) is 0 Å². The van der Waals surface area contributed by atoms with Crippen LogP contribution in [0.2, 0.25) is 0 Å². The number of rotatable bonds is 6. The molecule has 0 aliphatic carbocycles. The molecule has 0 radical (unpaired) electrons. The second kappa shape index (κ2) is 9.00. The topological polar surface area (TPSA) is 73.6 Å². The van der Waals surface area contributed by atoms with Gasteiger partial charge in [-0.25, -0.2) is 0 Å². The first-order chi connectivity index (χ1) is 9.72. The second-order valence-electron chi connectivity index (χ2n) is 4.88. The second-order valence-corrected chi connectivity index (χ2v) is 4.88. The van der Waals surface area contributed by atoms with Crippen LogP contribution in [-0.2, 0) is 20.9 Å². The lowest BCUT2D eigenvalue weighted by Gasteiger charge is -2.13. The van der Waals surface area contributed by atoms with Crippen molar-refractivity contribution >= 4 is 24.0 Å². The predicted octanol–water partition coefficient (Wildman–Crippen LogP) is 2.09. The minimum Gasteiger partial charge on any atom is -0.377 e. The Morgan fingerprint density at radius 2 is 2.10 bits per heavy atom. The number of carbonyl (C=O) groups excluding carboxylic acids is 1. The summed E-state index contributed by atoms with van der Waals surface area (Å²) in [4.78, 5) is 12.0. The van der Waals surface area contributed by atoms with Crippen molar-refractivity contribution in [1.29, 1.82) is 0 Å². The first-order valence-electron chi connectivity index (χ1n) is 7.06. The van der Waals surface area contributed by atoms with Gasteiger partial charge >= 0.3 is 0 Å². The molecule has 1 aliphatic heterocycles. The standard InChI is InChI=1S/C15H22N2O3.ClH/c1-2-19-10-11-3-5-12(6-4-11)17-15(18)14-8-7-13(9-16)20-14;/h3-6,13-14H,2,7-10,16H2,1H3,(H,17,18);1H/t13-,14+;/m1./s1. The molecule has 0 saturated carbocycles. The largest absolute Gasteiger partial charge is 0.377 e. The highest BCUT2D eigenvalue weighted by Crippen LogP contribution is 2.20. The van der Waals surface area contributed by atoms with E-state index in [1.165, 1.54) is 0 Å². The van der Waals surface area contributed by atoms with E-state index < -0.39 is 0 Å². The molecule has 1 aliphatic rings. The number of anilines is 1. The van der Waals surface area contributed by atoms with Crippen molar-refractivity contribution in [2.24, 2.45) is 5.73 Å². The van der Waals surface area contributed by atoms with E-state index in [-0.39, 0.29) is 30.5 Å². The minimum absolute atomic E-state index is 0. The summed E-state index contributed by atoms with van der Waals surface area (Å²) in [5.41, 5.74) is 7.40. The quantitative estimate of drug-likeness (QED) is 0.843. The van der Waals surface area contributed by atoms with Gasteiger partial charge in [-0.15, -0.1) is 12.4 Å². The number of nitrogens with one attached hydrogen (secondary N) is 1. The Morgan fingerprint density at radius 1 is 1.38 bits per heavy atom. The van der Waals surface area contributed by atoms with E-state index >= 15 is 0 Å². The molecule has 118 valence electrons. The monoisotopic (exact) mass is 314 g/mol. The van der Waals surface area contributed by atoms with Crippen molar-refractivity contribution in [2.45, 2.75) is 38.6 Å². The van der Waals surface area contributed by atoms with Crippen LogP contribution >= 0.6 is 12.4 Å². The number of carbonyl (C=O) groups is 1. The zero-order chi connectivity index (χ0) is 14.4. The van der Waals surface area contributed by atoms with Crippen molar-refractivity contribution in [3.05, 3.63) is 29.8 Å². The molecule has 0 spiro atoms. The van der Waals surface area contributed by atoms with Crippen molar-refractivity contribution in [3.8, 4) is 0 Å². The molecule has 0 unspecified atom stereocenters. The maximum Gasteiger partial charge on any atom is 0.253 e. The van der Waals surface area contributed by atoms with Crippen LogP contribution in [0, 0.1) is 0 Å². The van der Waals surface area contributed by atoms with Gasteiger partial charge in [0.1, 0.15) is 6.10 Å². The lowest BCUT2D eigenvalue weighted by atomic mass is 10.1. The highest BCUT2D eigenvalue weighted by Gasteiger charge is 2.29. The van der Waals surface area contributed by atoms with Crippen LogP contribution in [0.5, 0.6) is 0 Å². The number of ether oxygens (including phenoxy) is 2. The molecule has 2 rings (SSSR count). The lowest BCUT2D eigenvalue weighted by Crippen LogP contribution is -2.29. The molecule has 5 nitrogen and oxygen atoms in total. The van der Waals surface area contributed by atoms with E-state index in [1.54, 1.807) is 0 Å². The van der Waals surface area contributed by atoms with E-state index in [1.807, 2.05) is 31.2 Å². The van der Waals surface area contributed by atoms with Crippen molar-refractivity contribution in [3.63, 3.8) is 0 Å². The third-order valence-corrected chi connectivity index (χ3v) is 3.36. The summed E-state index contributed by atoms with van der Waals surface area (Å²) < 4.78 is 10.9. The van der Waals surface area contributed by atoms with Gasteiger partial charge in [0, 0.05) is 18.8 Å². The number of halogens is 1. The van der Waals surface area contributed by atoms with E-state index in [0.29, 0.717) is 19.8 Å². The molecule has 0 bridgehead atoms. The van der Waals surface area contributed by atoms with Gasteiger partial charge < -0.3 is 20.5 Å². The zero-order valence-corrected chi connectivity index (χ0v) is 13.0. The van der Waals surface area contributed by atoms with Crippen LogP contribution in [0.25, 0.3) is 0 Å². The maximum absolute atomic E-state index is 12.0. The van der Waals surface area contributed by atoms with Crippen LogP contribution in [0.3, 0.4) is 0 Å². The zero-order valence-electron chi connectivity index (χ0n) is 12.2. The normalized spacial score (nSPS) is 20.9. The molecule has 1 aromatic rings. The molecular formula is C15H23ClN2O3. The average molecular weight is 315 g/mol. The summed E-state index contributed by atoms with van der Waals surface area (Å²) in [6, 6.07) is 7.65. The van der Waals surface area contributed by atoms with Crippen LogP contribution < -0.4 is 11.1 Å². The summed E-state index contributed by atoms with van der Waals surface area (Å²) in [5, 5.41) is 2.87. The SMILES string of the molecule is CCOCc1ccc(NC(=O)[C@@H]2CC[C@H](CN)O2)cc1.Cl. The van der Waals surface area contributed by atoms with Crippen molar-refractivity contribution < 1.29 is 14.3 Å². The van der Waals surface area contributed by atoms with Gasteiger partial charge in [0.05, 0.1) is 12.7 Å². The van der Waals surface area contributed by atoms with E-state index in [2.05, 4.69) is 5.32 Å². The van der Waals surface area contributed by atoms with Crippen LogP contribution in [-0.4, -0.2) is 31.3 Å². The molecule has 0 aromatic heterocycles. The molecular weight excluding hydrogens is 292 g/mol. The van der Waals surface area contributed by atoms with E-state index in [0.717, 1.165) is 24.1 Å². The predicted molar refractivity (Wildman–Crippen MR) is 84.6 cm³/mol. The smallest absolute Gasteiger partial charge is 0.253 e. The summed E-state index contributed by atoms with van der Waals surface area (Å²) >= 11 is 0. The van der Waals surface area contributed by atoms with Gasteiger partial charge in [-0.2, -0.15) is 0 Å². The lowest BCUT2D eigenvalue weighted by molar-refractivity contribution is -0.126. The molecule has 6 heteroatoms. The molecule has 1 aromatic carbocycles. The Bertz CT molecular complexity index is 439. The Balaban J connectivity index is 0.00000220. The third kappa shape index (κ3) is 5.28. The van der Waals surface area contributed by atoms with Crippen molar-refractivity contribution in [2.75, 3.05) is 18.5 Å². The Kier molecular flexibility index (Phi) is 7.67. The number of hydrogen-bond donors (Lipinski definition) is 2. The number of amides is 1. The van der Waals surface area contributed by atoms with E-state index in [4.69, 9.17) is 15.2 Å². The van der Waals surface area contributed by atoms with Gasteiger partial charge in [0.2, 0.25) is 0 Å². The Hall–Kier alpha value is -1.14. The minimum atomic E-state index is -0.383. The van der Waals surface area contributed by atoms with Gasteiger partial charge in [0.25, 0.3) is 5.91 Å². The first kappa shape index (κ1) is 17.9. The molecule has 1 fully saturated rings. The summed E-state index contributed by atoms with van der Waals surface area (Å²) in [5.74, 6) is -0.0986. The summed E-state index contributed by atoms with van der Waals surface area (Å²) in [6.07, 6.45) is 1.21. The van der Waals surface area contributed by atoms with Gasteiger partial charge in [-0.1, -0.05) is 12.1 Å². The molecule has 21 heavy (non-hydrogen) atoms. The van der Waals surface area contributed by atoms with Crippen LogP contribution in [0.15, 0.2) is 24.3 Å². The average Bonchev–Trinajstić information content (AvgIpc) is 2.95. The fourth-order valence-electron chi connectivity index (χ4n) is 2.20. The molecule has 1 heterocycles. The van der Waals surface area contributed by atoms with E-state index in [9.17, 15) is 4.79 Å². The fraction of sp³-hybridized carbons (Fsp3) is 0.533. The molecule has 2 atom stereocenters. The molecule has 1 amide bonds. The third-order valence-electron chi connectivity index (χ3n) is 3.36.